The van der Waals surface area contributed by atoms with Crippen LogP contribution >= 0.6 is 0 Å². The maximum absolute atomic E-state index is 13.8. The Morgan fingerprint density at radius 2 is 1.85 bits per heavy atom. The fourth-order valence-corrected chi connectivity index (χ4v) is 6.02. The summed E-state index contributed by atoms with van der Waals surface area (Å²) in [6.07, 6.45) is 0.258. The van der Waals surface area contributed by atoms with Crippen molar-refractivity contribution >= 4 is 27.7 Å². The minimum absolute atomic E-state index is 0.0303. The number of amides is 4. The second kappa shape index (κ2) is 8.79. The second-order valence-electron chi connectivity index (χ2n) is 8.64. The number of rotatable bonds is 6. The highest BCUT2D eigenvalue weighted by atomic mass is 32.2. The lowest BCUT2D eigenvalue weighted by Gasteiger charge is -2.30. The summed E-state index contributed by atoms with van der Waals surface area (Å²) in [6, 6.07) is 10.4. The summed E-state index contributed by atoms with van der Waals surface area (Å²) in [5.41, 5.74) is -0.890. The fourth-order valence-electron chi connectivity index (χ4n) is 4.29. The molecule has 11 heteroatoms. The monoisotopic (exact) mass is 491 g/mol. The molecule has 0 spiro atoms. The molecule has 0 bridgehead atoms. The number of nitrogens with one attached hydrogen (secondary N) is 1. The van der Waals surface area contributed by atoms with Crippen molar-refractivity contribution < 1.29 is 31.6 Å². The van der Waals surface area contributed by atoms with Gasteiger partial charge in [0.15, 0.2) is 21.5 Å². The van der Waals surface area contributed by atoms with Gasteiger partial charge in [0.05, 0.1) is 11.5 Å². The number of halogens is 2. The quantitative estimate of drug-likeness (QED) is 0.622. The Morgan fingerprint density at radius 3 is 2.47 bits per heavy atom. The van der Waals surface area contributed by atoms with Gasteiger partial charge in [0.25, 0.3) is 5.91 Å². The first-order chi connectivity index (χ1) is 16.0. The molecule has 180 valence electrons. The van der Waals surface area contributed by atoms with E-state index in [1.165, 1.54) is 17.9 Å². The lowest BCUT2D eigenvalue weighted by molar-refractivity contribution is -0.140. The Bertz CT molecular complexity index is 1250. The molecule has 34 heavy (non-hydrogen) atoms. The topological polar surface area (TPSA) is 104 Å². The Balaban J connectivity index is 1.57. The van der Waals surface area contributed by atoms with Crippen molar-refractivity contribution in [2.45, 2.75) is 31.5 Å². The summed E-state index contributed by atoms with van der Waals surface area (Å²) in [4.78, 5) is 41.1. The third kappa shape index (κ3) is 4.52. The molecule has 2 aliphatic heterocycles. The molecule has 2 atom stereocenters. The molecule has 2 aromatic rings. The van der Waals surface area contributed by atoms with Crippen LogP contribution < -0.4 is 5.32 Å². The number of hydrogen-bond donors (Lipinski definition) is 1. The van der Waals surface area contributed by atoms with Crippen molar-refractivity contribution in [3.63, 3.8) is 0 Å². The average Bonchev–Trinajstić information content (AvgIpc) is 3.26. The van der Waals surface area contributed by atoms with E-state index in [-0.39, 0.29) is 30.0 Å². The Kier molecular flexibility index (Phi) is 6.15. The van der Waals surface area contributed by atoms with Gasteiger partial charge in [-0.1, -0.05) is 36.4 Å². The fraction of sp³-hybridized carbons (Fsp3) is 0.348. The van der Waals surface area contributed by atoms with Crippen LogP contribution in [0, 0.1) is 11.6 Å². The number of carbonyl (C=O) groups excluding carboxylic acids is 3. The van der Waals surface area contributed by atoms with Crippen LogP contribution in [-0.2, 0) is 31.5 Å². The van der Waals surface area contributed by atoms with E-state index in [2.05, 4.69) is 5.32 Å². The van der Waals surface area contributed by atoms with Crippen LogP contribution in [0.15, 0.2) is 48.5 Å². The molecule has 2 saturated heterocycles. The van der Waals surface area contributed by atoms with E-state index in [4.69, 9.17) is 0 Å². The van der Waals surface area contributed by atoms with Crippen molar-refractivity contribution in [1.29, 1.82) is 0 Å². The molecule has 0 aliphatic carbocycles. The highest BCUT2D eigenvalue weighted by Gasteiger charge is 2.50. The molecule has 0 aromatic heterocycles. The molecular formula is C23H23F2N3O5S. The van der Waals surface area contributed by atoms with E-state index in [0.717, 1.165) is 17.7 Å². The smallest absolute Gasteiger partial charge is 0.325 e. The van der Waals surface area contributed by atoms with E-state index >= 15 is 0 Å². The largest absolute Gasteiger partial charge is 0.333 e. The van der Waals surface area contributed by atoms with Crippen LogP contribution in [0.25, 0.3) is 0 Å². The van der Waals surface area contributed by atoms with Gasteiger partial charge in [-0.2, -0.15) is 0 Å². The molecular weight excluding hydrogens is 468 g/mol. The maximum Gasteiger partial charge on any atom is 0.325 e. The van der Waals surface area contributed by atoms with Gasteiger partial charge in [-0.25, -0.2) is 22.0 Å². The molecule has 0 saturated carbocycles. The summed E-state index contributed by atoms with van der Waals surface area (Å²) in [5.74, 6) is -3.91. The molecule has 2 aliphatic rings. The van der Waals surface area contributed by atoms with E-state index in [0.29, 0.717) is 4.90 Å². The molecule has 4 rings (SSSR count). The van der Waals surface area contributed by atoms with Gasteiger partial charge in [0, 0.05) is 12.6 Å². The Hall–Kier alpha value is -3.34. The summed E-state index contributed by atoms with van der Waals surface area (Å²) in [7, 11) is -3.30. The van der Waals surface area contributed by atoms with Crippen molar-refractivity contribution in [3.8, 4) is 0 Å². The summed E-state index contributed by atoms with van der Waals surface area (Å²) < 4.78 is 51.2. The van der Waals surface area contributed by atoms with Gasteiger partial charge >= 0.3 is 6.03 Å². The van der Waals surface area contributed by atoms with Gasteiger partial charge in [-0.3, -0.25) is 14.5 Å². The molecule has 2 fully saturated rings. The zero-order valence-electron chi connectivity index (χ0n) is 18.3. The lowest BCUT2D eigenvalue weighted by atomic mass is 9.92. The van der Waals surface area contributed by atoms with E-state index in [9.17, 15) is 31.6 Å². The normalized spacial score (nSPS) is 23.7. The van der Waals surface area contributed by atoms with Crippen molar-refractivity contribution in [3.05, 3.63) is 71.3 Å². The minimum Gasteiger partial charge on any atom is -0.333 e. The van der Waals surface area contributed by atoms with Crippen LogP contribution in [0.3, 0.4) is 0 Å². The summed E-state index contributed by atoms with van der Waals surface area (Å²) >= 11 is 0. The predicted octanol–water partition coefficient (Wildman–Crippen LogP) is 1.95. The number of nitrogens with zero attached hydrogens (tertiary/aromatic N) is 2. The number of carbonyl (C=O) groups is 3. The minimum atomic E-state index is -3.30. The highest BCUT2D eigenvalue weighted by Crippen LogP contribution is 2.30. The molecule has 4 amide bonds. The van der Waals surface area contributed by atoms with Gasteiger partial charge in [-0.05, 0) is 36.6 Å². The predicted molar refractivity (Wildman–Crippen MR) is 118 cm³/mol. The van der Waals surface area contributed by atoms with E-state index in [1.54, 1.807) is 24.3 Å². The van der Waals surface area contributed by atoms with Crippen molar-refractivity contribution in [2.24, 2.45) is 0 Å². The van der Waals surface area contributed by atoms with Gasteiger partial charge < -0.3 is 10.2 Å². The van der Waals surface area contributed by atoms with Crippen LogP contribution in [0.1, 0.15) is 24.5 Å². The SMILES string of the molecule is C[C@]1(c2ccc(F)c(F)c2)NC(=O)N(CC(=O)N(Cc2ccccc2)[C@@H]2CCS(=O)(=O)C2)C1=O. The zero-order valence-corrected chi connectivity index (χ0v) is 19.1. The second-order valence-corrected chi connectivity index (χ2v) is 10.9. The van der Waals surface area contributed by atoms with Crippen LogP contribution in [0.4, 0.5) is 13.6 Å². The first-order valence-electron chi connectivity index (χ1n) is 10.6. The Labute approximate surface area is 195 Å². The molecule has 0 radical (unpaired) electrons. The van der Waals surface area contributed by atoms with Gasteiger partial charge in [0.2, 0.25) is 5.91 Å². The van der Waals surface area contributed by atoms with Gasteiger partial charge in [-0.15, -0.1) is 0 Å². The average molecular weight is 492 g/mol. The summed E-state index contributed by atoms with van der Waals surface area (Å²) in [6.45, 7) is 0.840. The third-order valence-electron chi connectivity index (χ3n) is 6.23. The van der Waals surface area contributed by atoms with Crippen molar-refractivity contribution in [1.82, 2.24) is 15.1 Å². The van der Waals surface area contributed by atoms with Crippen molar-refractivity contribution in [2.75, 3.05) is 18.1 Å². The number of sulfone groups is 1. The molecule has 1 N–H and O–H groups in total. The van der Waals surface area contributed by atoms with E-state index in [1.807, 2.05) is 6.07 Å². The molecule has 2 heterocycles. The number of urea groups is 1. The highest BCUT2D eigenvalue weighted by molar-refractivity contribution is 7.91. The third-order valence-corrected chi connectivity index (χ3v) is 7.98. The standard InChI is InChI=1S/C23H23F2N3O5S/c1-23(16-7-8-18(24)19(25)11-16)21(30)28(22(31)26-23)13-20(29)27(12-15-5-3-2-4-6-15)17-9-10-34(32,33)14-17/h2-8,11,17H,9-10,12-14H2,1H3,(H,26,31)/t17-,23-/m1/s1. The van der Waals surface area contributed by atoms with E-state index < -0.39 is 57.4 Å². The molecule has 2 aromatic carbocycles. The molecule has 8 nitrogen and oxygen atoms in total. The van der Waals surface area contributed by atoms with Crippen LogP contribution in [0.5, 0.6) is 0 Å². The van der Waals surface area contributed by atoms with Crippen LogP contribution in [-0.4, -0.2) is 60.2 Å². The number of hydrogen-bond acceptors (Lipinski definition) is 5. The van der Waals surface area contributed by atoms with Gasteiger partial charge in [0.1, 0.15) is 12.1 Å². The maximum atomic E-state index is 13.8. The Morgan fingerprint density at radius 1 is 1.15 bits per heavy atom. The lowest BCUT2D eigenvalue weighted by Crippen LogP contribution is -2.48. The first kappa shape index (κ1) is 23.8. The van der Waals surface area contributed by atoms with Crippen LogP contribution in [0.2, 0.25) is 0 Å². The number of benzene rings is 2. The zero-order chi connectivity index (χ0) is 24.7. The number of imide groups is 1. The summed E-state index contributed by atoms with van der Waals surface area (Å²) in [5, 5.41) is 2.45. The molecule has 0 unspecified atom stereocenters. The first-order valence-corrected chi connectivity index (χ1v) is 12.5.